The standard InChI is InChI=1S/C16H20N2OS2/c1-12-14(21-11-17-12)10-18-6-4-16(5-7-18)15-13(2-8-19-16)3-9-20-15/h3,9,11H,2,4-8,10H2,1H3. The minimum Gasteiger partial charge on any atom is -0.369 e. The maximum absolute atomic E-state index is 6.27. The first-order valence-electron chi connectivity index (χ1n) is 7.59. The molecule has 0 saturated carbocycles. The minimum absolute atomic E-state index is 0.0149. The first-order valence-corrected chi connectivity index (χ1v) is 9.35. The van der Waals surface area contributed by atoms with Crippen molar-refractivity contribution in [2.24, 2.45) is 0 Å². The average molecular weight is 320 g/mol. The molecule has 0 radical (unpaired) electrons. The van der Waals surface area contributed by atoms with Gasteiger partial charge < -0.3 is 4.74 Å². The predicted octanol–water partition coefficient (Wildman–Crippen LogP) is 3.58. The van der Waals surface area contributed by atoms with Crippen LogP contribution in [0.15, 0.2) is 17.0 Å². The van der Waals surface area contributed by atoms with Gasteiger partial charge in [-0.1, -0.05) is 0 Å². The van der Waals surface area contributed by atoms with Gasteiger partial charge in [0.15, 0.2) is 0 Å². The van der Waals surface area contributed by atoms with E-state index in [4.69, 9.17) is 4.74 Å². The van der Waals surface area contributed by atoms with Crippen molar-refractivity contribution in [1.82, 2.24) is 9.88 Å². The number of ether oxygens (including phenoxy) is 1. The third-order valence-electron chi connectivity index (χ3n) is 4.79. The molecule has 1 spiro atoms. The summed E-state index contributed by atoms with van der Waals surface area (Å²) >= 11 is 3.67. The highest BCUT2D eigenvalue weighted by molar-refractivity contribution is 7.10. The molecule has 3 nitrogen and oxygen atoms in total. The maximum atomic E-state index is 6.27. The highest BCUT2D eigenvalue weighted by Gasteiger charge is 2.41. The van der Waals surface area contributed by atoms with E-state index in [0.717, 1.165) is 45.5 Å². The van der Waals surface area contributed by atoms with Gasteiger partial charge in [0.05, 0.1) is 17.8 Å². The lowest BCUT2D eigenvalue weighted by molar-refractivity contribution is -0.0960. The largest absolute Gasteiger partial charge is 0.369 e. The van der Waals surface area contributed by atoms with Crippen molar-refractivity contribution in [2.75, 3.05) is 19.7 Å². The van der Waals surface area contributed by atoms with Gasteiger partial charge >= 0.3 is 0 Å². The van der Waals surface area contributed by atoms with Crippen LogP contribution in [0.1, 0.15) is 33.9 Å². The number of rotatable bonds is 2. The Bertz CT molecular complexity index is 626. The Morgan fingerprint density at radius 1 is 1.33 bits per heavy atom. The summed E-state index contributed by atoms with van der Waals surface area (Å²) in [5, 5.41) is 2.23. The zero-order chi connectivity index (χ0) is 14.3. The van der Waals surface area contributed by atoms with Crippen molar-refractivity contribution in [3.05, 3.63) is 38.0 Å². The van der Waals surface area contributed by atoms with Crippen molar-refractivity contribution in [3.63, 3.8) is 0 Å². The van der Waals surface area contributed by atoms with E-state index in [2.05, 4.69) is 28.3 Å². The molecule has 1 saturated heterocycles. The zero-order valence-electron chi connectivity index (χ0n) is 12.3. The smallest absolute Gasteiger partial charge is 0.105 e. The molecule has 4 rings (SSSR count). The Kier molecular flexibility index (Phi) is 3.61. The molecule has 0 N–H and O–H groups in total. The number of hydrogen-bond donors (Lipinski definition) is 0. The Morgan fingerprint density at radius 3 is 2.95 bits per heavy atom. The fourth-order valence-corrected chi connectivity index (χ4v) is 5.47. The van der Waals surface area contributed by atoms with Gasteiger partial charge in [-0.15, -0.1) is 22.7 Å². The molecule has 2 aromatic rings. The summed E-state index contributed by atoms with van der Waals surface area (Å²) in [5.74, 6) is 0. The number of aromatic nitrogens is 1. The lowest BCUT2D eigenvalue weighted by atomic mass is 9.85. The molecule has 2 aliphatic rings. The van der Waals surface area contributed by atoms with Gasteiger partial charge in [0.2, 0.25) is 0 Å². The van der Waals surface area contributed by atoms with Crippen LogP contribution in [-0.4, -0.2) is 29.6 Å². The van der Waals surface area contributed by atoms with Crippen LogP contribution >= 0.6 is 22.7 Å². The second-order valence-corrected chi connectivity index (χ2v) is 7.86. The van der Waals surface area contributed by atoms with Crippen LogP contribution in [0.4, 0.5) is 0 Å². The second-order valence-electron chi connectivity index (χ2n) is 6.00. The summed E-state index contributed by atoms with van der Waals surface area (Å²) in [5.41, 5.74) is 4.69. The van der Waals surface area contributed by atoms with E-state index in [1.54, 1.807) is 11.3 Å². The average Bonchev–Trinajstić information content (AvgIpc) is 3.12. The summed E-state index contributed by atoms with van der Waals surface area (Å²) < 4.78 is 6.27. The Hall–Kier alpha value is -0.750. The van der Waals surface area contributed by atoms with Crippen molar-refractivity contribution >= 4 is 22.7 Å². The molecule has 5 heteroatoms. The number of fused-ring (bicyclic) bond motifs is 2. The van der Waals surface area contributed by atoms with Gasteiger partial charge in [-0.05, 0) is 43.2 Å². The van der Waals surface area contributed by atoms with E-state index in [-0.39, 0.29) is 5.60 Å². The van der Waals surface area contributed by atoms with Gasteiger partial charge in [-0.25, -0.2) is 4.98 Å². The molecule has 1 fully saturated rings. The number of thiazole rings is 1. The van der Waals surface area contributed by atoms with Gasteiger partial charge in [0, 0.05) is 29.4 Å². The predicted molar refractivity (Wildman–Crippen MR) is 87.0 cm³/mol. The number of likely N-dealkylation sites (tertiary alicyclic amines) is 1. The fourth-order valence-electron chi connectivity index (χ4n) is 3.48. The highest BCUT2D eigenvalue weighted by Crippen LogP contribution is 2.44. The monoisotopic (exact) mass is 320 g/mol. The van der Waals surface area contributed by atoms with Crippen molar-refractivity contribution in [3.8, 4) is 0 Å². The number of hydrogen-bond acceptors (Lipinski definition) is 5. The Labute approximate surface area is 133 Å². The number of nitrogens with zero attached hydrogens (tertiary/aromatic N) is 2. The summed E-state index contributed by atoms with van der Waals surface area (Å²) in [4.78, 5) is 9.82. The van der Waals surface area contributed by atoms with Gasteiger partial charge in [0.25, 0.3) is 0 Å². The highest BCUT2D eigenvalue weighted by atomic mass is 32.1. The van der Waals surface area contributed by atoms with Gasteiger partial charge in [0.1, 0.15) is 5.60 Å². The SMILES string of the molecule is Cc1ncsc1CN1CCC2(CC1)OCCc1ccsc12. The van der Waals surface area contributed by atoms with E-state index in [0.29, 0.717) is 0 Å². The summed E-state index contributed by atoms with van der Waals surface area (Å²) in [6.07, 6.45) is 3.33. The maximum Gasteiger partial charge on any atom is 0.105 e. The third kappa shape index (κ3) is 2.46. The van der Waals surface area contributed by atoms with E-state index in [9.17, 15) is 0 Å². The van der Waals surface area contributed by atoms with Crippen LogP contribution in [-0.2, 0) is 23.3 Å². The Morgan fingerprint density at radius 2 is 2.19 bits per heavy atom. The molecule has 0 amide bonds. The summed E-state index contributed by atoms with van der Waals surface area (Å²) in [6.45, 7) is 6.28. The van der Waals surface area contributed by atoms with E-state index >= 15 is 0 Å². The van der Waals surface area contributed by atoms with Crippen LogP contribution in [0.25, 0.3) is 0 Å². The van der Waals surface area contributed by atoms with E-state index < -0.39 is 0 Å². The molecule has 4 heterocycles. The topological polar surface area (TPSA) is 25.4 Å². The van der Waals surface area contributed by atoms with Crippen LogP contribution in [0, 0.1) is 6.92 Å². The zero-order valence-corrected chi connectivity index (χ0v) is 13.9. The van der Waals surface area contributed by atoms with Crippen LogP contribution in [0.2, 0.25) is 0 Å². The van der Waals surface area contributed by atoms with Crippen molar-refractivity contribution in [2.45, 2.75) is 38.3 Å². The first-order chi connectivity index (χ1) is 10.3. The number of aryl methyl sites for hydroxylation is 1. The first kappa shape index (κ1) is 13.9. The lowest BCUT2D eigenvalue weighted by Gasteiger charge is -2.43. The molecule has 112 valence electrons. The summed E-state index contributed by atoms with van der Waals surface area (Å²) in [7, 11) is 0. The van der Waals surface area contributed by atoms with Crippen molar-refractivity contribution < 1.29 is 4.74 Å². The van der Waals surface area contributed by atoms with Gasteiger partial charge in [-0.2, -0.15) is 0 Å². The molecule has 0 atom stereocenters. The molecule has 2 aliphatic heterocycles. The van der Waals surface area contributed by atoms with Gasteiger partial charge in [-0.3, -0.25) is 4.90 Å². The molecule has 2 aromatic heterocycles. The van der Waals surface area contributed by atoms with Crippen molar-refractivity contribution in [1.29, 1.82) is 0 Å². The molecule has 0 aromatic carbocycles. The second kappa shape index (κ2) is 5.47. The van der Waals surface area contributed by atoms with Crippen LogP contribution < -0.4 is 0 Å². The van der Waals surface area contributed by atoms with Crippen LogP contribution in [0.5, 0.6) is 0 Å². The fraction of sp³-hybridized carbons (Fsp3) is 0.562. The quantitative estimate of drug-likeness (QED) is 0.846. The molecular formula is C16H20N2OS2. The van der Waals surface area contributed by atoms with Crippen LogP contribution in [0.3, 0.4) is 0 Å². The number of thiophene rings is 1. The number of piperidine rings is 1. The summed E-state index contributed by atoms with van der Waals surface area (Å²) in [6, 6.07) is 2.29. The lowest BCUT2D eigenvalue weighted by Crippen LogP contribution is -2.45. The normalized spacial score (nSPS) is 21.6. The minimum atomic E-state index is 0.0149. The molecular weight excluding hydrogens is 300 g/mol. The van der Waals surface area contributed by atoms with E-state index in [1.165, 1.54) is 21.0 Å². The third-order valence-corrected chi connectivity index (χ3v) is 6.85. The molecule has 0 bridgehead atoms. The molecule has 0 aliphatic carbocycles. The Balaban J connectivity index is 1.47. The molecule has 21 heavy (non-hydrogen) atoms. The van der Waals surface area contributed by atoms with E-state index in [1.807, 2.05) is 16.8 Å². The molecule has 0 unspecified atom stereocenters.